The number of ether oxygens (including phenoxy) is 1. The molecule has 1 aliphatic rings. The van der Waals surface area contributed by atoms with Gasteiger partial charge in [0.15, 0.2) is 0 Å². The van der Waals surface area contributed by atoms with Crippen molar-refractivity contribution in [1.82, 2.24) is 14.3 Å². The quantitative estimate of drug-likeness (QED) is 0.798. The number of nitrogens with one attached hydrogen (secondary N) is 1. The molecule has 0 bridgehead atoms. The van der Waals surface area contributed by atoms with Crippen molar-refractivity contribution in [3.63, 3.8) is 0 Å². The number of hydrogen-bond acceptors (Lipinski definition) is 4. The topological polar surface area (TPSA) is 58.9 Å². The summed E-state index contributed by atoms with van der Waals surface area (Å²) < 4.78 is 7.32. The van der Waals surface area contributed by atoms with Crippen molar-refractivity contribution in [3.8, 4) is 11.1 Å². The lowest BCUT2D eigenvalue weighted by Gasteiger charge is -2.27. The van der Waals surface area contributed by atoms with E-state index >= 15 is 0 Å². The van der Waals surface area contributed by atoms with E-state index in [1.54, 1.807) is 6.20 Å². The fraction of sp³-hybridized carbons (Fsp3) is 0.263. The van der Waals surface area contributed by atoms with Crippen LogP contribution in [-0.2, 0) is 4.74 Å². The Morgan fingerprint density at radius 3 is 2.76 bits per heavy atom. The SMILES string of the molecule is CNc1cc(-c2ccc3nccn3c2)ccc1C(=O)N1CCOCC1. The number of nitrogens with zero attached hydrogens (tertiary/aromatic N) is 3. The second-order valence-electron chi connectivity index (χ2n) is 6.03. The summed E-state index contributed by atoms with van der Waals surface area (Å²) >= 11 is 0. The average molecular weight is 336 g/mol. The number of rotatable bonds is 3. The molecule has 4 rings (SSSR count). The summed E-state index contributed by atoms with van der Waals surface area (Å²) in [5.74, 6) is 0.0456. The number of fused-ring (bicyclic) bond motifs is 1. The van der Waals surface area contributed by atoms with Crippen LogP contribution in [0.4, 0.5) is 5.69 Å². The zero-order chi connectivity index (χ0) is 17.2. The van der Waals surface area contributed by atoms with Crippen LogP contribution < -0.4 is 5.32 Å². The Hall–Kier alpha value is -2.86. The standard InChI is InChI=1S/C19H20N4O2/c1-20-17-12-14(15-3-5-18-21-6-7-23(18)13-15)2-4-16(17)19(24)22-8-10-25-11-9-22/h2-7,12-13,20H,8-11H2,1H3. The van der Waals surface area contributed by atoms with Crippen LogP contribution in [0.2, 0.25) is 0 Å². The number of morpholine rings is 1. The molecule has 1 fully saturated rings. The van der Waals surface area contributed by atoms with Gasteiger partial charge in [-0.05, 0) is 35.4 Å². The van der Waals surface area contributed by atoms with Gasteiger partial charge in [0.2, 0.25) is 0 Å². The number of pyridine rings is 1. The van der Waals surface area contributed by atoms with Gasteiger partial charge in [0, 0.05) is 44.4 Å². The van der Waals surface area contributed by atoms with E-state index in [9.17, 15) is 4.79 Å². The molecule has 6 nitrogen and oxygen atoms in total. The molecule has 25 heavy (non-hydrogen) atoms. The average Bonchev–Trinajstić information content (AvgIpc) is 3.15. The van der Waals surface area contributed by atoms with Gasteiger partial charge in [0.25, 0.3) is 5.91 Å². The summed E-state index contributed by atoms with van der Waals surface area (Å²) in [4.78, 5) is 18.9. The van der Waals surface area contributed by atoms with Gasteiger partial charge in [-0.25, -0.2) is 4.98 Å². The van der Waals surface area contributed by atoms with Gasteiger partial charge >= 0.3 is 0 Å². The molecule has 0 spiro atoms. The Labute approximate surface area is 146 Å². The third-order valence-corrected chi connectivity index (χ3v) is 4.54. The van der Waals surface area contributed by atoms with Crippen LogP contribution in [0, 0.1) is 0 Å². The first-order valence-electron chi connectivity index (χ1n) is 8.38. The molecule has 6 heteroatoms. The van der Waals surface area contributed by atoms with Crippen LogP contribution in [0.3, 0.4) is 0 Å². The molecule has 0 radical (unpaired) electrons. The second-order valence-corrected chi connectivity index (χ2v) is 6.03. The Balaban J connectivity index is 1.68. The molecule has 1 amide bonds. The Kier molecular flexibility index (Phi) is 4.11. The van der Waals surface area contributed by atoms with Crippen molar-refractivity contribution in [2.24, 2.45) is 0 Å². The highest BCUT2D eigenvalue weighted by Gasteiger charge is 2.21. The molecule has 0 atom stereocenters. The van der Waals surface area contributed by atoms with E-state index in [0.29, 0.717) is 31.9 Å². The van der Waals surface area contributed by atoms with E-state index in [0.717, 1.165) is 22.5 Å². The summed E-state index contributed by atoms with van der Waals surface area (Å²) in [6, 6.07) is 9.94. The summed E-state index contributed by atoms with van der Waals surface area (Å²) in [5, 5.41) is 3.16. The monoisotopic (exact) mass is 336 g/mol. The predicted octanol–water partition coefficient (Wildman–Crippen LogP) is 2.52. The van der Waals surface area contributed by atoms with Crippen LogP contribution in [0.1, 0.15) is 10.4 Å². The summed E-state index contributed by atoms with van der Waals surface area (Å²) in [6.45, 7) is 2.48. The first kappa shape index (κ1) is 15.7. The number of carbonyl (C=O) groups excluding carboxylic acids is 1. The summed E-state index contributed by atoms with van der Waals surface area (Å²) in [6.07, 6.45) is 5.75. The first-order valence-corrected chi connectivity index (χ1v) is 8.38. The van der Waals surface area contributed by atoms with Crippen molar-refractivity contribution in [3.05, 3.63) is 54.5 Å². The van der Waals surface area contributed by atoms with Crippen LogP contribution in [0.15, 0.2) is 48.9 Å². The number of hydrogen-bond donors (Lipinski definition) is 1. The van der Waals surface area contributed by atoms with Crippen molar-refractivity contribution in [1.29, 1.82) is 0 Å². The Morgan fingerprint density at radius 2 is 1.96 bits per heavy atom. The molecule has 3 aromatic rings. The smallest absolute Gasteiger partial charge is 0.256 e. The molecular weight excluding hydrogens is 316 g/mol. The number of benzene rings is 1. The summed E-state index contributed by atoms with van der Waals surface area (Å²) in [7, 11) is 1.84. The second kappa shape index (κ2) is 6.57. The molecule has 0 unspecified atom stereocenters. The van der Waals surface area contributed by atoms with Crippen LogP contribution in [0.25, 0.3) is 16.8 Å². The molecule has 1 aromatic carbocycles. The van der Waals surface area contributed by atoms with Gasteiger partial charge < -0.3 is 19.4 Å². The van der Waals surface area contributed by atoms with Crippen molar-refractivity contribution in [2.45, 2.75) is 0 Å². The maximum Gasteiger partial charge on any atom is 0.256 e. The number of amides is 1. The highest BCUT2D eigenvalue weighted by atomic mass is 16.5. The number of aromatic nitrogens is 2. The van der Waals surface area contributed by atoms with Gasteiger partial charge in [0.1, 0.15) is 5.65 Å². The Morgan fingerprint density at radius 1 is 1.16 bits per heavy atom. The van der Waals surface area contributed by atoms with E-state index in [4.69, 9.17) is 4.74 Å². The van der Waals surface area contributed by atoms with E-state index in [1.165, 1.54) is 0 Å². The van der Waals surface area contributed by atoms with E-state index in [-0.39, 0.29) is 5.91 Å². The summed E-state index contributed by atoms with van der Waals surface area (Å²) in [5.41, 5.74) is 4.57. The maximum absolute atomic E-state index is 12.8. The van der Waals surface area contributed by atoms with Crippen molar-refractivity contribution in [2.75, 3.05) is 38.7 Å². The van der Waals surface area contributed by atoms with E-state index in [1.807, 2.05) is 59.1 Å². The normalized spacial score (nSPS) is 14.7. The van der Waals surface area contributed by atoms with Gasteiger partial charge in [-0.3, -0.25) is 4.79 Å². The van der Waals surface area contributed by atoms with Crippen molar-refractivity contribution < 1.29 is 9.53 Å². The number of imidazole rings is 1. The molecule has 1 aliphatic heterocycles. The van der Waals surface area contributed by atoms with Gasteiger partial charge in [0.05, 0.1) is 18.8 Å². The largest absolute Gasteiger partial charge is 0.387 e. The predicted molar refractivity (Wildman–Crippen MR) is 96.9 cm³/mol. The maximum atomic E-state index is 12.8. The lowest BCUT2D eigenvalue weighted by Crippen LogP contribution is -2.40. The fourth-order valence-corrected chi connectivity index (χ4v) is 3.14. The zero-order valence-electron chi connectivity index (χ0n) is 14.1. The molecular formula is C19H20N4O2. The molecule has 1 N–H and O–H groups in total. The van der Waals surface area contributed by atoms with Crippen LogP contribution in [0.5, 0.6) is 0 Å². The van der Waals surface area contributed by atoms with Gasteiger partial charge in [-0.1, -0.05) is 6.07 Å². The highest BCUT2D eigenvalue weighted by molar-refractivity contribution is 6.00. The zero-order valence-corrected chi connectivity index (χ0v) is 14.1. The van der Waals surface area contributed by atoms with Gasteiger partial charge in [-0.15, -0.1) is 0 Å². The minimum Gasteiger partial charge on any atom is -0.387 e. The van der Waals surface area contributed by atoms with Gasteiger partial charge in [-0.2, -0.15) is 0 Å². The number of anilines is 1. The van der Waals surface area contributed by atoms with E-state index in [2.05, 4.69) is 10.3 Å². The molecule has 0 aliphatic carbocycles. The molecule has 3 heterocycles. The van der Waals surface area contributed by atoms with Crippen LogP contribution >= 0.6 is 0 Å². The first-order chi connectivity index (χ1) is 12.3. The molecule has 0 saturated carbocycles. The molecule has 128 valence electrons. The minimum absolute atomic E-state index is 0.0456. The highest BCUT2D eigenvalue weighted by Crippen LogP contribution is 2.27. The molecule has 1 saturated heterocycles. The fourth-order valence-electron chi connectivity index (χ4n) is 3.14. The molecule has 2 aromatic heterocycles. The van der Waals surface area contributed by atoms with Crippen LogP contribution in [-0.4, -0.2) is 53.5 Å². The van der Waals surface area contributed by atoms with Crippen molar-refractivity contribution >= 4 is 17.2 Å². The third kappa shape index (κ3) is 2.96. The lowest BCUT2D eigenvalue weighted by molar-refractivity contribution is 0.0303. The minimum atomic E-state index is 0.0456. The lowest BCUT2D eigenvalue weighted by atomic mass is 10.0. The number of carbonyl (C=O) groups is 1. The Bertz CT molecular complexity index is 913. The third-order valence-electron chi connectivity index (χ3n) is 4.54. The van der Waals surface area contributed by atoms with E-state index < -0.39 is 0 Å².